The van der Waals surface area contributed by atoms with Gasteiger partial charge in [0.2, 0.25) is 0 Å². The summed E-state index contributed by atoms with van der Waals surface area (Å²) in [5.41, 5.74) is 1.31. The van der Waals surface area contributed by atoms with E-state index in [2.05, 4.69) is 11.6 Å². The summed E-state index contributed by atoms with van der Waals surface area (Å²) in [5.74, 6) is 0. The minimum Gasteiger partial charge on any atom is -0.478 e. The summed E-state index contributed by atoms with van der Waals surface area (Å²) >= 11 is 0. The monoisotopic (exact) mass is 137 g/mol. The van der Waals surface area contributed by atoms with E-state index in [1.807, 2.05) is 0 Å². The summed E-state index contributed by atoms with van der Waals surface area (Å²) < 4.78 is 5.27. The molecule has 1 aliphatic carbocycles. The van der Waals surface area contributed by atoms with Gasteiger partial charge in [0.25, 0.3) is 0 Å². The van der Waals surface area contributed by atoms with Gasteiger partial charge in [0.05, 0.1) is 6.04 Å². The Balaban J connectivity index is 2.07. The number of nitrogens with zero attached hydrogens (tertiary/aromatic N) is 1. The quantitative estimate of drug-likeness (QED) is 0.464. The molecular formula is C8H11NO. The molecule has 0 N–H and O–H groups in total. The van der Waals surface area contributed by atoms with Crippen molar-refractivity contribution >= 4 is 6.40 Å². The predicted octanol–water partition coefficient (Wildman–Crippen LogP) is 1.52. The summed E-state index contributed by atoms with van der Waals surface area (Å²) in [7, 11) is 0. The maximum atomic E-state index is 5.27. The molecule has 0 bridgehead atoms. The minimum atomic E-state index is 0.321. The van der Waals surface area contributed by atoms with Crippen LogP contribution in [0.25, 0.3) is 0 Å². The van der Waals surface area contributed by atoms with Crippen LogP contribution in [0.5, 0.6) is 0 Å². The van der Waals surface area contributed by atoms with E-state index in [1.54, 1.807) is 6.40 Å². The summed E-state index contributed by atoms with van der Waals surface area (Å²) in [5, 5.41) is 0. The molecular weight excluding hydrogens is 126 g/mol. The van der Waals surface area contributed by atoms with E-state index >= 15 is 0 Å². The van der Waals surface area contributed by atoms with Crippen molar-refractivity contribution in [1.29, 1.82) is 0 Å². The van der Waals surface area contributed by atoms with E-state index in [-0.39, 0.29) is 0 Å². The first-order chi connectivity index (χ1) is 4.86. The summed E-state index contributed by atoms with van der Waals surface area (Å²) in [6, 6.07) is 0.436. The Morgan fingerprint density at radius 2 is 2.60 bits per heavy atom. The van der Waals surface area contributed by atoms with Gasteiger partial charge < -0.3 is 4.74 Å². The molecule has 0 radical (unpaired) electrons. The minimum absolute atomic E-state index is 0.321. The van der Waals surface area contributed by atoms with E-state index in [0.29, 0.717) is 12.1 Å². The van der Waals surface area contributed by atoms with Crippen molar-refractivity contribution in [1.82, 2.24) is 0 Å². The molecule has 2 aliphatic rings. The third kappa shape index (κ3) is 0.838. The maximum Gasteiger partial charge on any atom is 0.170 e. The molecule has 2 unspecified atom stereocenters. The Morgan fingerprint density at radius 3 is 3.50 bits per heavy atom. The lowest BCUT2D eigenvalue weighted by Gasteiger charge is -2.23. The highest BCUT2D eigenvalue weighted by Crippen LogP contribution is 2.28. The number of aliphatic imine (C=N–C) groups is 1. The Morgan fingerprint density at radius 1 is 1.70 bits per heavy atom. The van der Waals surface area contributed by atoms with Crippen LogP contribution < -0.4 is 0 Å². The van der Waals surface area contributed by atoms with E-state index in [1.165, 1.54) is 5.57 Å². The summed E-state index contributed by atoms with van der Waals surface area (Å²) in [6.07, 6.45) is 5.17. The van der Waals surface area contributed by atoms with Crippen LogP contribution in [-0.2, 0) is 4.74 Å². The predicted molar refractivity (Wildman–Crippen MR) is 40.1 cm³/mol. The molecule has 1 heterocycles. The summed E-state index contributed by atoms with van der Waals surface area (Å²) in [4.78, 5) is 4.20. The normalized spacial score (nSPS) is 37.4. The molecule has 2 rings (SSSR count). The first kappa shape index (κ1) is 5.96. The Hall–Kier alpha value is -0.790. The van der Waals surface area contributed by atoms with E-state index in [4.69, 9.17) is 4.74 Å². The Kier molecular flexibility index (Phi) is 1.26. The molecule has 0 spiro atoms. The van der Waals surface area contributed by atoms with Gasteiger partial charge >= 0.3 is 0 Å². The molecule has 2 atom stereocenters. The highest BCUT2D eigenvalue weighted by atomic mass is 16.5. The SMILES string of the molecule is C=C1CCC2N=COC2C1. The fraction of sp³-hybridized carbons (Fsp3) is 0.625. The van der Waals surface area contributed by atoms with Gasteiger partial charge in [-0.1, -0.05) is 12.2 Å². The molecule has 1 saturated carbocycles. The molecule has 1 fully saturated rings. The standard InChI is InChI=1S/C8H11NO/c1-6-2-3-7-8(4-6)10-5-9-7/h5,7-8H,1-4H2. The molecule has 0 aromatic rings. The highest BCUT2D eigenvalue weighted by molar-refractivity contribution is 5.50. The van der Waals surface area contributed by atoms with Crippen LogP contribution >= 0.6 is 0 Å². The van der Waals surface area contributed by atoms with Crippen molar-refractivity contribution in [2.75, 3.05) is 0 Å². The molecule has 0 saturated heterocycles. The zero-order valence-corrected chi connectivity index (χ0v) is 5.92. The van der Waals surface area contributed by atoms with Gasteiger partial charge in [-0.3, -0.25) is 4.99 Å². The average Bonchev–Trinajstić information content (AvgIpc) is 2.33. The first-order valence-electron chi connectivity index (χ1n) is 3.70. The molecule has 2 heteroatoms. The van der Waals surface area contributed by atoms with Gasteiger partial charge in [-0.25, -0.2) is 0 Å². The second kappa shape index (κ2) is 2.11. The van der Waals surface area contributed by atoms with Gasteiger partial charge in [-0.05, 0) is 12.8 Å². The number of ether oxygens (including phenoxy) is 1. The van der Waals surface area contributed by atoms with Gasteiger partial charge in [0.1, 0.15) is 6.10 Å². The fourth-order valence-electron chi connectivity index (χ4n) is 1.56. The molecule has 1 aliphatic heterocycles. The number of fused-ring (bicyclic) bond motifs is 1. The molecule has 0 amide bonds. The average molecular weight is 137 g/mol. The van der Waals surface area contributed by atoms with Crippen molar-refractivity contribution < 1.29 is 4.74 Å². The zero-order chi connectivity index (χ0) is 6.97. The topological polar surface area (TPSA) is 21.6 Å². The second-order valence-electron chi connectivity index (χ2n) is 2.99. The van der Waals surface area contributed by atoms with E-state index < -0.39 is 0 Å². The Labute approximate surface area is 60.6 Å². The van der Waals surface area contributed by atoms with Crippen molar-refractivity contribution in [2.45, 2.75) is 31.4 Å². The van der Waals surface area contributed by atoms with Gasteiger partial charge in [-0.2, -0.15) is 0 Å². The lowest BCUT2D eigenvalue weighted by Crippen LogP contribution is -2.26. The van der Waals surface area contributed by atoms with Crippen LogP contribution in [0.3, 0.4) is 0 Å². The van der Waals surface area contributed by atoms with Gasteiger partial charge in [0, 0.05) is 6.42 Å². The van der Waals surface area contributed by atoms with Crippen molar-refractivity contribution in [3.63, 3.8) is 0 Å². The molecule has 0 aromatic heterocycles. The first-order valence-corrected chi connectivity index (χ1v) is 3.70. The largest absolute Gasteiger partial charge is 0.478 e. The third-order valence-electron chi connectivity index (χ3n) is 2.20. The van der Waals surface area contributed by atoms with E-state index in [0.717, 1.165) is 19.3 Å². The third-order valence-corrected chi connectivity index (χ3v) is 2.20. The van der Waals surface area contributed by atoms with Gasteiger partial charge in [0.15, 0.2) is 6.40 Å². The summed E-state index contributed by atoms with van der Waals surface area (Å²) in [6.45, 7) is 3.94. The number of rotatable bonds is 0. The lowest BCUT2D eigenvalue weighted by molar-refractivity contribution is 0.181. The van der Waals surface area contributed by atoms with Crippen LogP contribution in [0, 0.1) is 0 Å². The van der Waals surface area contributed by atoms with Crippen molar-refractivity contribution in [2.24, 2.45) is 4.99 Å². The van der Waals surface area contributed by atoms with Gasteiger partial charge in [-0.15, -0.1) is 0 Å². The number of hydrogen-bond acceptors (Lipinski definition) is 2. The molecule has 54 valence electrons. The van der Waals surface area contributed by atoms with Crippen LogP contribution in [0.4, 0.5) is 0 Å². The second-order valence-corrected chi connectivity index (χ2v) is 2.99. The zero-order valence-electron chi connectivity index (χ0n) is 5.92. The van der Waals surface area contributed by atoms with Crippen LogP contribution in [0.2, 0.25) is 0 Å². The van der Waals surface area contributed by atoms with Crippen LogP contribution in [-0.4, -0.2) is 18.5 Å². The fourth-order valence-corrected chi connectivity index (χ4v) is 1.56. The van der Waals surface area contributed by atoms with Crippen molar-refractivity contribution in [3.8, 4) is 0 Å². The van der Waals surface area contributed by atoms with E-state index in [9.17, 15) is 0 Å². The Bertz CT molecular complexity index is 186. The van der Waals surface area contributed by atoms with Crippen LogP contribution in [0.1, 0.15) is 19.3 Å². The highest BCUT2D eigenvalue weighted by Gasteiger charge is 2.29. The smallest absolute Gasteiger partial charge is 0.170 e. The molecule has 2 nitrogen and oxygen atoms in total. The number of hydrogen-bond donors (Lipinski definition) is 0. The lowest BCUT2D eigenvalue weighted by atomic mass is 9.90. The molecule has 10 heavy (non-hydrogen) atoms. The van der Waals surface area contributed by atoms with Crippen LogP contribution in [0.15, 0.2) is 17.1 Å². The van der Waals surface area contributed by atoms with Crippen molar-refractivity contribution in [3.05, 3.63) is 12.2 Å². The maximum absolute atomic E-state index is 5.27. The molecule has 0 aromatic carbocycles.